The van der Waals surface area contributed by atoms with Crippen LogP contribution < -0.4 is 19.7 Å². The number of ether oxygens (including phenoxy) is 2. The molecule has 7 heteroatoms. The first kappa shape index (κ1) is 19.6. The van der Waals surface area contributed by atoms with Crippen LogP contribution in [0.2, 0.25) is 0 Å². The number of nitrogens with one attached hydrogen (secondary N) is 1. The van der Waals surface area contributed by atoms with Gasteiger partial charge in [0.15, 0.2) is 11.5 Å². The molecule has 0 spiro atoms. The van der Waals surface area contributed by atoms with Gasteiger partial charge in [-0.05, 0) is 35.2 Å². The molecule has 2 heterocycles. The van der Waals surface area contributed by atoms with Gasteiger partial charge in [-0.1, -0.05) is 32.9 Å². The smallest absolute Gasteiger partial charge is 0.238 e. The molecule has 152 valence electrons. The van der Waals surface area contributed by atoms with Crippen molar-refractivity contribution >= 4 is 35.0 Å². The summed E-state index contributed by atoms with van der Waals surface area (Å²) in [4.78, 5) is 26.7. The minimum Gasteiger partial charge on any atom is -0.454 e. The molecule has 1 N–H and O–H groups in total. The lowest BCUT2D eigenvalue weighted by molar-refractivity contribution is -0.118. The Morgan fingerprint density at radius 2 is 1.97 bits per heavy atom. The minimum atomic E-state index is -0.165. The molecule has 1 atom stereocenters. The summed E-state index contributed by atoms with van der Waals surface area (Å²) in [6.45, 7) is 6.30. The zero-order valence-electron chi connectivity index (χ0n) is 16.7. The van der Waals surface area contributed by atoms with Crippen LogP contribution >= 0.6 is 11.8 Å². The molecule has 4 rings (SSSR count). The molecule has 0 bridgehead atoms. The minimum absolute atomic E-state index is 0.0163. The number of fused-ring (bicyclic) bond motifs is 1. The summed E-state index contributed by atoms with van der Waals surface area (Å²) < 4.78 is 10.8. The van der Waals surface area contributed by atoms with E-state index in [2.05, 4.69) is 5.32 Å². The highest BCUT2D eigenvalue weighted by Gasteiger charge is 2.35. The SMILES string of the molecule is CC(C)(C)CC(=O)Nc1cccc([C@H]2SCC(=O)N2c2ccc3c(c2)OCO3)c1. The van der Waals surface area contributed by atoms with Crippen molar-refractivity contribution < 1.29 is 19.1 Å². The monoisotopic (exact) mass is 412 g/mol. The Balaban J connectivity index is 1.57. The maximum Gasteiger partial charge on any atom is 0.238 e. The first-order valence-corrected chi connectivity index (χ1v) is 10.6. The molecule has 6 nitrogen and oxygen atoms in total. The Morgan fingerprint density at radius 1 is 1.17 bits per heavy atom. The second-order valence-corrected chi connectivity index (χ2v) is 9.44. The molecule has 0 aliphatic carbocycles. The quantitative estimate of drug-likeness (QED) is 0.797. The molecule has 2 aliphatic heterocycles. The fourth-order valence-electron chi connectivity index (χ4n) is 3.44. The lowest BCUT2D eigenvalue weighted by Gasteiger charge is -2.25. The van der Waals surface area contributed by atoms with Gasteiger partial charge in [0.05, 0.1) is 5.75 Å². The highest BCUT2D eigenvalue weighted by Crippen LogP contribution is 2.45. The molecule has 0 unspecified atom stereocenters. The van der Waals surface area contributed by atoms with Gasteiger partial charge in [0.1, 0.15) is 5.37 Å². The van der Waals surface area contributed by atoms with Crippen molar-refractivity contribution in [1.82, 2.24) is 0 Å². The third kappa shape index (κ3) is 4.34. The number of hydrogen-bond acceptors (Lipinski definition) is 5. The predicted octanol–water partition coefficient (Wildman–Crippen LogP) is 4.57. The standard InChI is InChI=1S/C22H24N2O4S/c1-22(2,3)11-19(25)23-15-6-4-5-14(9-15)21-24(20(26)12-29-21)16-7-8-17-18(10-16)28-13-27-17/h4-10,21H,11-13H2,1-3H3,(H,23,25)/t21-/m1/s1. The van der Waals surface area contributed by atoms with Crippen LogP contribution in [0.3, 0.4) is 0 Å². The molecular weight excluding hydrogens is 388 g/mol. The highest BCUT2D eigenvalue weighted by molar-refractivity contribution is 8.00. The lowest BCUT2D eigenvalue weighted by Crippen LogP contribution is -2.27. The summed E-state index contributed by atoms with van der Waals surface area (Å²) in [7, 11) is 0. The molecule has 2 amide bonds. The number of nitrogens with zero attached hydrogens (tertiary/aromatic N) is 1. The van der Waals surface area contributed by atoms with E-state index < -0.39 is 0 Å². The van der Waals surface area contributed by atoms with E-state index in [1.54, 1.807) is 16.7 Å². The van der Waals surface area contributed by atoms with Gasteiger partial charge in [-0.2, -0.15) is 0 Å². The largest absolute Gasteiger partial charge is 0.454 e. The van der Waals surface area contributed by atoms with Gasteiger partial charge < -0.3 is 14.8 Å². The molecule has 1 saturated heterocycles. The summed E-state index contributed by atoms with van der Waals surface area (Å²) in [6, 6.07) is 13.2. The number of thioether (sulfide) groups is 1. The van der Waals surface area contributed by atoms with Gasteiger partial charge in [-0.25, -0.2) is 0 Å². The van der Waals surface area contributed by atoms with Crippen LogP contribution in [-0.4, -0.2) is 24.4 Å². The molecule has 29 heavy (non-hydrogen) atoms. The van der Waals surface area contributed by atoms with E-state index in [0.29, 0.717) is 23.7 Å². The maximum absolute atomic E-state index is 12.6. The third-order valence-corrected chi connectivity index (χ3v) is 5.86. The van der Waals surface area contributed by atoms with Gasteiger partial charge in [-0.3, -0.25) is 14.5 Å². The van der Waals surface area contributed by atoms with Crippen LogP contribution in [0.5, 0.6) is 11.5 Å². The van der Waals surface area contributed by atoms with Gasteiger partial charge >= 0.3 is 0 Å². The van der Waals surface area contributed by atoms with E-state index in [1.165, 1.54) is 0 Å². The number of anilines is 2. The van der Waals surface area contributed by atoms with E-state index in [0.717, 1.165) is 16.9 Å². The third-order valence-electron chi connectivity index (χ3n) is 4.65. The summed E-state index contributed by atoms with van der Waals surface area (Å²) in [5.41, 5.74) is 2.40. The molecule has 0 radical (unpaired) electrons. The number of benzene rings is 2. The maximum atomic E-state index is 12.6. The average Bonchev–Trinajstić information content (AvgIpc) is 3.25. The summed E-state index contributed by atoms with van der Waals surface area (Å²) in [6.07, 6.45) is 0.442. The molecule has 1 fully saturated rings. The van der Waals surface area contributed by atoms with Crippen molar-refractivity contribution in [3.8, 4) is 11.5 Å². The summed E-state index contributed by atoms with van der Waals surface area (Å²) in [5.74, 6) is 1.76. The van der Waals surface area contributed by atoms with Crippen LogP contribution in [0.4, 0.5) is 11.4 Å². The van der Waals surface area contributed by atoms with Gasteiger partial charge in [-0.15, -0.1) is 11.8 Å². The van der Waals surface area contributed by atoms with Crippen molar-refractivity contribution in [2.75, 3.05) is 22.8 Å². The van der Waals surface area contributed by atoms with E-state index in [4.69, 9.17) is 9.47 Å². The van der Waals surface area contributed by atoms with Crippen molar-refractivity contribution in [2.45, 2.75) is 32.6 Å². The Labute approximate surface area is 174 Å². The molecule has 0 aromatic heterocycles. The zero-order chi connectivity index (χ0) is 20.6. The van der Waals surface area contributed by atoms with E-state index in [1.807, 2.05) is 63.2 Å². The van der Waals surface area contributed by atoms with E-state index in [9.17, 15) is 9.59 Å². The normalized spacial score (nSPS) is 18.2. The number of carbonyl (C=O) groups excluding carboxylic acids is 2. The number of rotatable bonds is 4. The van der Waals surface area contributed by atoms with Gasteiger partial charge in [0.2, 0.25) is 18.6 Å². The molecule has 2 aromatic rings. The second-order valence-electron chi connectivity index (χ2n) is 8.38. The summed E-state index contributed by atoms with van der Waals surface area (Å²) >= 11 is 1.57. The Morgan fingerprint density at radius 3 is 2.76 bits per heavy atom. The van der Waals surface area contributed by atoms with Crippen molar-refractivity contribution in [3.63, 3.8) is 0 Å². The fourth-order valence-corrected chi connectivity index (χ4v) is 4.61. The molecule has 0 saturated carbocycles. The fraction of sp³-hybridized carbons (Fsp3) is 0.364. The molecule has 2 aliphatic rings. The van der Waals surface area contributed by atoms with Gasteiger partial charge in [0.25, 0.3) is 0 Å². The number of amides is 2. The molecular formula is C22H24N2O4S. The first-order valence-electron chi connectivity index (χ1n) is 9.53. The average molecular weight is 413 g/mol. The topological polar surface area (TPSA) is 67.9 Å². The number of carbonyl (C=O) groups is 2. The van der Waals surface area contributed by atoms with Crippen molar-refractivity contribution in [3.05, 3.63) is 48.0 Å². The highest BCUT2D eigenvalue weighted by atomic mass is 32.2. The van der Waals surface area contributed by atoms with Crippen LogP contribution in [-0.2, 0) is 9.59 Å². The van der Waals surface area contributed by atoms with E-state index in [-0.39, 0.29) is 29.4 Å². The molecule has 2 aromatic carbocycles. The Bertz CT molecular complexity index is 954. The van der Waals surface area contributed by atoms with Crippen LogP contribution in [0.1, 0.15) is 38.1 Å². The Hall–Kier alpha value is -2.67. The zero-order valence-corrected chi connectivity index (χ0v) is 17.5. The summed E-state index contributed by atoms with van der Waals surface area (Å²) in [5, 5.41) is 2.81. The van der Waals surface area contributed by atoms with E-state index >= 15 is 0 Å². The number of hydrogen-bond donors (Lipinski definition) is 1. The van der Waals surface area contributed by atoms with Crippen LogP contribution in [0, 0.1) is 5.41 Å². The van der Waals surface area contributed by atoms with Crippen LogP contribution in [0.25, 0.3) is 0 Å². The lowest BCUT2D eigenvalue weighted by atomic mass is 9.92. The van der Waals surface area contributed by atoms with Crippen molar-refractivity contribution in [2.24, 2.45) is 5.41 Å². The predicted molar refractivity (Wildman–Crippen MR) is 114 cm³/mol. The first-order chi connectivity index (χ1) is 13.8. The second kappa shape index (κ2) is 7.63. The Kier molecular flexibility index (Phi) is 5.17. The van der Waals surface area contributed by atoms with Crippen molar-refractivity contribution in [1.29, 1.82) is 0 Å². The van der Waals surface area contributed by atoms with Crippen LogP contribution in [0.15, 0.2) is 42.5 Å². The van der Waals surface area contributed by atoms with Gasteiger partial charge in [0, 0.05) is 23.9 Å².